The van der Waals surface area contributed by atoms with Crippen molar-refractivity contribution < 1.29 is 9.32 Å². The molecule has 0 saturated carbocycles. The summed E-state index contributed by atoms with van der Waals surface area (Å²) >= 11 is 0. The normalized spacial score (nSPS) is 9.75. The third-order valence-corrected chi connectivity index (χ3v) is 1.25. The molecule has 6 nitrogen and oxygen atoms in total. The zero-order valence-electron chi connectivity index (χ0n) is 6.49. The standard InChI is InChI=1S/C6H10N4O2/c7-3-5(11)8-2-1-6-9-4-10-12-6/h4H,1-3,7H2,(H,8,11). The predicted octanol–water partition coefficient (Wildman–Crippen LogP) is -1.31. The average Bonchev–Trinajstić information content (AvgIpc) is 2.57. The number of nitrogens with zero attached hydrogens (tertiary/aromatic N) is 2. The molecule has 0 spiro atoms. The third-order valence-electron chi connectivity index (χ3n) is 1.25. The summed E-state index contributed by atoms with van der Waals surface area (Å²) in [6.45, 7) is 0.474. The molecule has 1 aromatic heterocycles. The topological polar surface area (TPSA) is 94.0 Å². The lowest BCUT2D eigenvalue weighted by molar-refractivity contribution is -0.119. The summed E-state index contributed by atoms with van der Waals surface area (Å²) in [6, 6.07) is 0. The maximum Gasteiger partial charge on any atom is 0.233 e. The second-order valence-corrected chi connectivity index (χ2v) is 2.14. The lowest BCUT2D eigenvalue weighted by Gasteiger charge is -1.98. The van der Waals surface area contributed by atoms with Gasteiger partial charge in [-0.2, -0.15) is 4.98 Å². The quantitative estimate of drug-likeness (QED) is 0.585. The Morgan fingerprint density at radius 1 is 1.75 bits per heavy atom. The summed E-state index contributed by atoms with van der Waals surface area (Å²) < 4.78 is 4.71. The van der Waals surface area contributed by atoms with Crippen LogP contribution in [0.2, 0.25) is 0 Å². The number of rotatable bonds is 4. The van der Waals surface area contributed by atoms with Gasteiger partial charge in [-0.3, -0.25) is 4.79 Å². The van der Waals surface area contributed by atoms with E-state index in [0.29, 0.717) is 18.9 Å². The molecule has 1 heterocycles. The Morgan fingerprint density at radius 2 is 2.58 bits per heavy atom. The van der Waals surface area contributed by atoms with Crippen molar-refractivity contribution in [1.82, 2.24) is 15.5 Å². The molecule has 66 valence electrons. The highest BCUT2D eigenvalue weighted by Crippen LogP contribution is 1.89. The maximum absolute atomic E-state index is 10.6. The number of carbonyl (C=O) groups excluding carboxylic acids is 1. The third kappa shape index (κ3) is 2.67. The molecule has 6 heteroatoms. The Bertz CT molecular complexity index is 234. The summed E-state index contributed by atoms with van der Waals surface area (Å²) in [5, 5.41) is 6.00. The van der Waals surface area contributed by atoms with E-state index in [2.05, 4.69) is 15.5 Å². The zero-order valence-corrected chi connectivity index (χ0v) is 6.49. The second kappa shape index (κ2) is 4.45. The molecular weight excluding hydrogens is 160 g/mol. The van der Waals surface area contributed by atoms with Gasteiger partial charge in [0, 0.05) is 13.0 Å². The lowest BCUT2D eigenvalue weighted by Crippen LogP contribution is -2.31. The first-order valence-electron chi connectivity index (χ1n) is 3.55. The number of amides is 1. The van der Waals surface area contributed by atoms with Crippen LogP contribution in [0.4, 0.5) is 0 Å². The van der Waals surface area contributed by atoms with Gasteiger partial charge in [0.2, 0.25) is 11.8 Å². The molecular formula is C6H10N4O2. The molecule has 0 aromatic carbocycles. The fourth-order valence-corrected chi connectivity index (χ4v) is 0.687. The van der Waals surface area contributed by atoms with E-state index in [4.69, 9.17) is 10.3 Å². The van der Waals surface area contributed by atoms with E-state index in [9.17, 15) is 4.79 Å². The largest absolute Gasteiger partial charge is 0.354 e. The maximum atomic E-state index is 10.6. The van der Waals surface area contributed by atoms with E-state index in [1.165, 1.54) is 6.33 Å². The molecule has 0 unspecified atom stereocenters. The van der Waals surface area contributed by atoms with Gasteiger partial charge in [-0.25, -0.2) is 0 Å². The van der Waals surface area contributed by atoms with E-state index >= 15 is 0 Å². The molecule has 1 amide bonds. The van der Waals surface area contributed by atoms with Crippen molar-refractivity contribution in [3.05, 3.63) is 12.2 Å². The molecule has 0 aliphatic rings. The first-order valence-corrected chi connectivity index (χ1v) is 3.55. The van der Waals surface area contributed by atoms with E-state index < -0.39 is 0 Å². The number of aromatic nitrogens is 2. The van der Waals surface area contributed by atoms with Gasteiger partial charge in [0.1, 0.15) is 0 Å². The van der Waals surface area contributed by atoms with Crippen molar-refractivity contribution in [3.63, 3.8) is 0 Å². The van der Waals surface area contributed by atoms with Crippen molar-refractivity contribution in [1.29, 1.82) is 0 Å². The van der Waals surface area contributed by atoms with Gasteiger partial charge in [-0.1, -0.05) is 5.16 Å². The molecule has 3 N–H and O–H groups in total. The molecule has 12 heavy (non-hydrogen) atoms. The van der Waals surface area contributed by atoms with Crippen molar-refractivity contribution in [2.75, 3.05) is 13.1 Å². The van der Waals surface area contributed by atoms with Gasteiger partial charge in [0.15, 0.2) is 6.33 Å². The van der Waals surface area contributed by atoms with Crippen molar-refractivity contribution in [2.24, 2.45) is 5.73 Å². The van der Waals surface area contributed by atoms with Crippen LogP contribution in [0.15, 0.2) is 10.9 Å². The minimum atomic E-state index is -0.186. The Morgan fingerprint density at radius 3 is 3.17 bits per heavy atom. The number of hydrogen-bond donors (Lipinski definition) is 2. The average molecular weight is 170 g/mol. The van der Waals surface area contributed by atoms with Crippen molar-refractivity contribution in [2.45, 2.75) is 6.42 Å². The van der Waals surface area contributed by atoms with Crippen molar-refractivity contribution >= 4 is 5.91 Å². The van der Waals surface area contributed by atoms with Crippen LogP contribution in [0, 0.1) is 0 Å². The number of nitrogens with two attached hydrogens (primary N) is 1. The molecule has 0 radical (unpaired) electrons. The van der Waals surface area contributed by atoms with Crippen LogP contribution in [-0.2, 0) is 11.2 Å². The van der Waals surface area contributed by atoms with Gasteiger partial charge in [-0.15, -0.1) is 0 Å². The fourth-order valence-electron chi connectivity index (χ4n) is 0.687. The highest BCUT2D eigenvalue weighted by Gasteiger charge is 2.00. The van der Waals surface area contributed by atoms with Gasteiger partial charge >= 0.3 is 0 Å². The monoisotopic (exact) mass is 170 g/mol. The Balaban J connectivity index is 2.15. The Hall–Kier alpha value is -1.43. The molecule has 0 aliphatic heterocycles. The van der Waals surface area contributed by atoms with Gasteiger partial charge in [-0.05, 0) is 0 Å². The fraction of sp³-hybridized carbons (Fsp3) is 0.500. The Labute approximate surface area is 69.1 Å². The van der Waals surface area contributed by atoms with Crippen LogP contribution in [0.25, 0.3) is 0 Å². The number of nitrogens with one attached hydrogen (secondary N) is 1. The van der Waals surface area contributed by atoms with E-state index in [0.717, 1.165) is 0 Å². The molecule has 0 aliphatic carbocycles. The first-order chi connectivity index (χ1) is 5.83. The lowest BCUT2D eigenvalue weighted by atomic mass is 10.4. The summed E-state index contributed by atoms with van der Waals surface area (Å²) in [4.78, 5) is 14.4. The molecule has 1 rings (SSSR count). The van der Waals surface area contributed by atoms with Crippen LogP contribution < -0.4 is 11.1 Å². The van der Waals surface area contributed by atoms with E-state index in [1.54, 1.807) is 0 Å². The molecule has 0 atom stereocenters. The van der Waals surface area contributed by atoms with Crippen molar-refractivity contribution in [3.8, 4) is 0 Å². The van der Waals surface area contributed by atoms with Gasteiger partial charge < -0.3 is 15.6 Å². The summed E-state index contributed by atoms with van der Waals surface area (Å²) in [7, 11) is 0. The number of carbonyl (C=O) groups is 1. The molecule has 1 aromatic rings. The van der Waals surface area contributed by atoms with Gasteiger partial charge in [0.05, 0.1) is 6.54 Å². The Kier molecular flexibility index (Phi) is 3.21. The molecule has 0 fully saturated rings. The van der Waals surface area contributed by atoms with Crippen LogP contribution in [0.5, 0.6) is 0 Å². The predicted molar refractivity (Wildman–Crippen MR) is 40.1 cm³/mol. The van der Waals surface area contributed by atoms with Crippen LogP contribution in [-0.4, -0.2) is 29.1 Å². The minimum Gasteiger partial charge on any atom is -0.354 e. The van der Waals surface area contributed by atoms with Crippen LogP contribution >= 0.6 is 0 Å². The van der Waals surface area contributed by atoms with Gasteiger partial charge in [0.25, 0.3) is 0 Å². The highest BCUT2D eigenvalue weighted by atomic mass is 16.5. The highest BCUT2D eigenvalue weighted by molar-refractivity contribution is 5.77. The smallest absolute Gasteiger partial charge is 0.233 e. The molecule has 0 saturated heterocycles. The van der Waals surface area contributed by atoms with E-state index in [-0.39, 0.29) is 12.5 Å². The van der Waals surface area contributed by atoms with Crippen LogP contribution in [0.3, 0.4) is 0 Å². The molecule has 0 bridgehead atoms. The summed E-state index contributed by atoms with van der Waals surface area (Å²) in [6.07, 6.45) is 1.85. The number of hydrogen-bond acceptors (Lipinski definition) is 5. The summed E-state index contributed by atoms with van der Waals surface area (Å²) in [5.74, 6) is 0.321. The SMILES string of the molecule is NCC(=O)NCCc1ncno1. The minimum absolute atomic E-state index is 0.00380. The van der Waals surface area contributed by atoms with E-state index in [1.807, 2.05) is 0 Å². The van der Waals surface area contributed by atoms with Crippen LogP contribution in [0.1, 0.15) is 5.89 Å². The first kappa shape index (κ1) is 8.66. The second-order valence-electron chi connectivity index (χ2n) is 2.14. The zero-order chi connectivity index (χ0) is 8.81. The summed E-state index contributed by atoms with van der Waals surface area (Å²) in [5.41, 5.74) is 5.07.